The number of aromatic hydroxyl groups is 1. The van der Waals surface area contributed by atoms with E-state index in [2.05, 4.69) is 31.4 Å². The number of ether oxygens (including phenoxy) is 1. The normalized spacial score (nSPS) is 10.6. The Morgan fingerprint density at radius 3 is 2.95 bits per heavy atom. The molecule has 21 heavy (non-hydrogen) atoms. The van der Waals surface area contributed by atoms with Crippen LogP contribution in [0, 0.1) is 0 Å². The molecule has 6 nitrogen and oxygen atoms in total. The Morgan fingerprint density at radius 2 is 2.29 bits per heavy atom. The molecule has 0 fully saturated rings. The van der Waals surface area contributed by atoms with E-state index in [9.17, 15) is 9.90 Å². The number of amides is 1. The first-order valence-corrected chi connectivity index (χ1v) is 6.72. The van der Waals surface area contributed by atoms with Gasteiger partial charge in [-0.3, -0.25) is 9.78 Å². The first-order valence-electron chi connectivity index (χ1n) is 5.92. The Morgan fingerprint density at radius 1 is 1.48 bits per heavy atom. The number of carbonyl (C=O) groups excluding carboxylic acids is 1. The minimum atomic E-state index is -0.437. The zero-order chi connectivity index (χ0) is 15.2. The minimum absolute atomic E-state index is 0.0588. The van der Waals surface area contributed by atoms with Gasteiger partial charge in [0.05, 0.1) is 13.3 Å². The maximum Gasteiger partial charge on any atom is 0.289 e. The van der Waals surface area contributed by atoms with Crippen LogP contribution in [0.3, 0.4) is 0 Å². The first kappa shape index (κ1) is 15.0. The summed E-state index contributed by atoms with van der Waals surface area (Å²) in [7, 11) is 1.45. The summed E-state index contributed by atoms with van der Waals surface area (Å²) in [6.07, 6.45) is 2.84. The predicted molar refractivity (Wildman–Crippen MR) is 81.7 cm³/mol. The molecule has 2 N–H and O–H groups in total. The van der Waals surface area contributed by atoms with Gasteiger partial charge in [-0.1, -0.05) is 22.0 Å². The second-order valence-corrected chi connectivity index (χ2v) is 4.88. The molecule has 1 aromatic carbocycles. The Labute approximate surface area is 129 Å². The summed E-state index contributed by atoms with van der Waals surface area (Å²) in [5.74, 6) is -0.188. The largest absolute Gasteiger partial charge is 0.504 e. The number of hydrazone groups is 1. The highest BCUT2D eigenvalue weighted by Crippen LogP contribution is 2.32. The van der Waals surface area contributed by atoms with Crippen molar-refractivity contribution in [3.8, 4) is 11.5 Å². The first-order chi connectivity index (χ1) is 10.1. The van der Waals surface area contributed by atoms with Crippen LogP contribution in [-0.2, 0) is 0 Å². The molecule has 0 aliphatic heterocycles. The van der Waals surface area contributed by atoms with Crippen molar-refractivity contribution in [2.45, 2.75) is 0 Å². The van der Waals surface area contributed by atoms with Gasteiger partial charge >= 0.3 is 0 Å². The highest BCUT2D eigenvalue weighted by Gasteiger charge is 2.08. The Kier molecular flexibility index (Phi) is 4.89. The number of phenolic OH excluding ortho intramolecular Hbond substituents is 1. The lowest BCUT2D eigenvalue weighted by Gasteiger charge is -2.06. The molecule has 1 aromatic heterocycles. The summed E-state index contributed by atoms with van der Waals surface area (Å²) in [4.78, 5) is 15.6. The molecule has 0 saturated carbocycles. The third-order valence-electron chi connectivity index (χ3n) is 2.56. The molecule has 1 amide bonds. The van der Waals surface area contributed by atoms with E-state index >= 15 is 0 Å². The molecular formula is C14H12BrN3O3. The fourth-order valence-corrected chi connectivity index (χ4v) is 2.02. The van der Waals surface area contributed by atoms with Gasteiger partial charge in [0.1, 0.15) is 5.69 Å². The van der Waals surface area contributed by atoms with Gasteiger partial charge in [0.25, 0.3) is 5.91 Å². The van der Waals surface area contributed by atoms with Crippen molar-refractivity contribution in [2.24, 2.45) is 5.10 Å². The number of halogens is 1. The van der Waals surface area contributed by atoms with Gasteiger partial charge in [0, 0.05) is 16.2 Å². The van der Waals surface area contributed by atoms with Crippen LogP contribution >= 0.6 is 15.9 Å². The van der Waals surface area contributed by atoms with Gasteiger partial charge in [-0.2, -0.15) is 5.10 Å². The summed E-state index contributed by atoms with van der Waals surface area (Å²) in [6, 6.07) is 8.26. The van der Waals surface area contributed by atoms with E-state index in [4.69, 9.17) is 4.74 Å². The predicted octanol–water partition coefficient (Wildman–Crippen LogP) is 2.32. The van der Waals surface area contributed by atoms with Crippen molar-refractivity contribution >= 4 is 28.1 Å². The maximum absolute atomic E-state index is 11.7. The van der Waals surface area contributed by atoms with Gasteiger partial charge < -0.3 is 9.84 Å². The number of aromatic nitrogens is 1. The Hall–Kier alpha value is -2.41. The number of hydrogen-bond acceptors (Lipinski definition) is 5. The quantitative estimate of drug-likeness (QED) is 0.655. The number of nitrogens with one attached hydrogen (secondary N) is 1. The molecule has 0 unspecified atom stereocenters. The summed E-state index contributed by atoms with van der Waals surface area (Å²) in [5, 5.41) is 13.7. The molecule has 0 aliphatic carbocycles. The summed E-state index contributed by atoms with van der Waals surface area (Å²) in [6.45, 7) is 0. The average Bonchev–Trinajstić information content (AvgIpc) is 2.51. The van der Waals surface area contributed by atoms with Crippen LogP contribution in [0.4, 0.5) is 0 Å². The molecule has 2 rings (SSSR count). The molecule has 0 radical (unpaired) electrons. The number of pyridine rings is 1. The minimum Gasteiger partial charge on any atom is -0.504 e. The van der Waals surface area contributed by atoms with Crippen LogP contribution in [-0.4, -0.2) is 29.3 Å². The third-order valence-corrected chi connectivity index (χ3v) is 3.01. The van der Waals surface area contributed by atoms with E-state index in [1.807, 2.05) is 0 Å². The number of benzene rings is 1. The van der Waals surface area contributed by atoms with Crippen molar-refractivity contribution in [1.82, 2.24) is 10.4 Å². The Balaban J connectivity index is 2.12. The molecule has 2 aromatic rings. The second kappa shape index (κ2) is 6.85. The van der Waals surface area contributed by atoms with Crippen molar-refractivity contribution in [1.29, 1.82) is 0 Å². The molecular weight excluding hydrogens is 338 g/mol. The van der Waals surface area contributed by atoms with Crippen LogP contribution in [0.5, 0.6) is 11.5 Å². The second-order valence-electron chi connectivity index (χ2n) is 3.96. The molecule has 0 aliphatic rings. The van der Waals surface area contributed by atoms with E-state index in [0.29, 0.717) is 11.3 Å². The third kappa shape index (κ3) is 3.79. The van der Waals surface area contributed by atoms with Gasteiger partial charge in [-0.25, -0.2) is 5.43 Å². The van der Waals surface area contributed by atoms with Crippen molar-refractivity contribution in [3.63, 3.8) is 0 Å². The number of carbonyl (C=O) groups is 1. The van der Waals surface area contributed by atoms with Crippen LogP contribution in [0.15, 0.2) is 46.1 Å². The van der Waals surface area contributed by atoms with Gasteiger partial charge in [0.2, 0.25) is 0 Å². The van der Waals surface area contributed by atoms with Crippen molar-refractivity contribution in [3.05, 3.63) is 52.3 Å². The molecule has 108 valence electrons. The van der Waals surface area contributed by atoms with E-state index < -0.39 is 5.91 Å². The summed E-state index contributed by atoms with van der Waals surface area (Å²) >= 11 is 3.30. The summed E-state index contributed by atoms with van der Waals surface area (Å²) < 4.78 is 5.74. The van der Waals surface area contributed by atoms with Crippen molar-refractivity contribution < 1.29 is 14.6 Å². The maximum atomic E-state index is 11.7. The zero-order valence-electron chi connectivity index (χ0n) is 11.1. The SMILES string of the molecule is COc1cc(Br)cc(/C=N/NC(=O)c2ccccn2)c1O. The molecule has 0 bridgehead atoms. The van der Waals surface area contributed by atoms with E-state index in [1.165, 1.54) is 19.5 Å². The lowest BCUT2D eigenvalue weighted by molar-refractivity contribution is 0.0950. The molecule has 7 heteroatoms. The zero-order valence-corrected chi connectivity index (χ0v) is 12.7. The van der Waals surface area contributed by atoms with Crippen molar-refractivity contribution in [2.75, 3.05) is 7.11 Å². The van der Waals surface area contributed by atoms with Crippen LogP contribution in [0.2, 0.25) is 0 Å². The highest BCUT2D eigenvalue weighted by molar-refractivity contribution is 9.10. The summed E-state index contributed by atoms with van der Waals surface area (Å²) in [5.41, 5.74) is 2.99. The van der Waals surface area contributed by atoms with E-state index in [1.54, 1.807) is 30.3 Å². The Bertz CT molecular complexity index is 675. The van der Waals surface area contributed by atoms with Gasteiger partial charge in [0.15, 0.2) is 11.5 Å². The number of rotatable bonds is 4. The lowest BCUT2D eigenvalue weighted by Crippen LogP contribution is -2.18. The standard InChI is InChI=1S/C14H12BrN3O3/c1-21-12-7-10(15)6-9(13(12)19)8-17-18-14(20)11-4-2-3-5-16-11/h2-8,19H,1H3,(H,18,20)/b17-8+. The van der Waals surface area contributed by atoms with Crippen LogP contribution < -0.4 is 10.2 Å². The number of nitrogens with zero attached hydrogens (tertiary/aromatic N) is 2. The van der Waals surface area contributed by atoms with E-state index in [0.717, 1.165) is 4.47 Å². The van der Waals surface area contributed by atoms with Gasteiger partial charge in [-0.15, -0.1) is 0 Å². The van der Waals surface area contributed by atoms with Crippen LogP contribution in [0.25, 0.3) is 0 Å². The number of phenols is 1. The lowest BCUT2D eigenvalue weighted by atomic mass is 10.2. The topological polar surface area (TPSA) is 83.8 Å². The average molecular weight is 350 g/mol. The molecule has 0 atom stereocenters. The number of hydrogen-bond donors (Lipinski definition) is 2. The number of methoxy groups -OCH3 is 1. The molecule has 0 spiro atoms. The van der Waals surface area contributed by atoms with E-state index in [-0.39, 0.29) is 11.4 Å². The molecule has 0 saturated heterocycles. The fourth-order valence-electron chi connectivity index (χ4n) is 1.56. The highest BCUT2D eigenvalue weighted by atomic mass is 79.9. The molecule has 1 heterocycles. The monoisotopic (exact) mass is 349 g/mol. The fraction of sp³-hybridized carbons (Fsp3) is 0.0714. The van der Waals surface area contributed by atoms with Crippen LogP contribution in [0.1, 0.15) is 16.1 Å². The van der Waals surface area contributed by atoms with Gasteiger partial charge in [-0.05, 0) is 24.3 Å². The smallest absolute Gasteiger partial charge is 0.289 e.